The Morgan fingerprint density at radius 2 is 2.00 bits per heavy atom. The Morgan fingerprint density at radius 1 is 1.43 bits per heavy atom. The summed E-state index contributed by atoms with van der Waals surface area (Å²) in [6.07, 6.45) is -2.11. The summed E-state index contributed by atoms with van der Waals surface area (Å²) in [5.74, 6) is 0. The number of alkyl halides is 2. The highest BCUT2D eigenvalue weighted by Crippen LogP contribution is 2.32. The molecule has 76 valence electrons. The van der Waals surface area contributed by atoms with Crippen molar-refractivity contribution in [1.29, 1.82) is 0 Å². The third kappa shape index (κ3) is 2.13. The van der Waals surface area contributed by atoms with Crippen molar-refractivity contribution >= 4 is 40.0 Å². The van der Waals surface area contributed by atoms with Crippen LogP contribution in [0.4, 0.5) is 8.78 Å². The molecule has 1 aromatic rings. The van der Waals surface area contributed by atoms with Crippen LogP contribution >= 0.6 is 34.8 Å². The second-order valence-electron chi connectivity index (χ2n) is 2.27. The maximum Gasteiger partial charge on any atom is 0.266 e. The van der Waals surface area contributed by atoms with Crippen LogP contribution in [0, 0.1) is 0 Å². The van der Waals surface area contributed by atoms with Gasteiger partial charge in [0.05, 0.1) is 10.6 Å². The van der Waals surface area contributed by atoms with Gasteiger partial charge in [-0.15, -0.1) is 0 Å². The third-order valence-corrected chi connectivity index (χ3v) is 2.38. The maximum atomic E-state index is 12.3. The molecule has 0 spiro atoms. The predicted octanol–water partition coefficient (Wildman–Crippen LogP) is 3.71. The van der Waals surface area contributed by atoms with Gasteiger partial charge in [-0.3, -0.25) is 4.79 Å². The van der Waals surface area contributed by atoms with E-state index in [0.717, 1.165) is 6.20 Å². The minimum atomic E-state index is -2.88. The van der Waals surface area contributed by atoms with Crippen molar-refractivity contribution in [1.82, 2.24) is 4.98 Å². The van der Waals surface area contributed by atoms with Crippen LogP contribution in [0.3, 0.4) is 0 Å². The molecule has 7 heteroatoms. The number of aromatic nitrogens is 1. The van der Waals surface area contributed by atoms with Gasteiger partial charge in [0.25, 0.3) is 11.7 Å². The molecule has 0 N–H and O–H groups in total. The molecule has 0 atom stereocenters. The van der Waals surface area contributed by atoms with Gasteiger partial charge in [-0.1, -0.05) is 23.2 Å². The Hall–Kier alpha value is -0.450. The lowest BCUT2D eigenvalue weighted by Gasteiger charge is -2.06. The monoisotopic (exact) mass is 259 g/mol. The van der Waals surface area contributed by atoms with E-state index in [1.807, 2.05) is 0 Å². The predicted molar refractivity (Wildman–Crippen MR) is 49.4 cm³/mol. The van der Waals surface area contributed by atoms with E-state index in [9.17, 15) is 13.6 Å². The molecule has 1 aromatic heterocycles. The van der Waals surface area contributed by atoms with Crippen molar-refractivity contribution in [3.63, 3.8) is 0 Å². The molecule has 0 aliphatic rings. The van der Waals surface area contributed by atoms with Crippen LogP contribution in [-0.2, 0) is 0 Å². The summed E-state index contributed by atoms with van der Waals surface area (Å²) in [4.78, 5) is 14.2. The summed E-state index contributed by atoms with van der Waals surface area (Å²) in [7, 11) is 0. The van der Waals surface area contributed by atoms with E-state index < -0.39 is 22.8 Å². The van der Waals surface area contributed by atoms with Crippen molar-refractivity contribution in [2.24, 2.45) is 0 Å². The molecular weight excluding hydrogens is 258 g/mol. The highest BCUT2D eigenvalue weighted by molar-refractivity contribution is 6.69. The fraction of sp³-hybridized carbons (Fsp3) is 0.143. The molecule has 0 aromatic carbocycles. The summed E-state index contributed by atoms with van der Waals surface area (Å²) in [5, 5.41) is -1.68. The van der Waals surface area contributed by atoms with Gasteiger partial charge < -0.3 is 0 Å². The van der Waals surface area contributed by atoms with Crippen LogP contribution in [0.1, 0.15) is 22.3 Å². The summed E-state index contributed by atoms with van der Waals surface area (Å²) in [6.45, 7) is 0. The SMILES string of the molecule is O=C(Cl)c1c(C(F)F)cnc(Cl)c1Cl. The summed E-state index contributed by atoms with van der Waals surface area (Å²) >= 11 is 16.0. The van der Waals surface area contributed by atoms with Crippen molar-refractivity contribution in [2.75, 3.05) is 0 Å². The lowest BCUT2D eigenvalue weighted by molar-refractivity contribution is 0.106. The maximum absolute atomic E-state index is 12.3. The third-order valence-electron chi connectivity index (χ3n) is 1.44. The minimum absolute atomic E-state index is 0.236. The number of halogens is 5. The largest absolute Gasteiger partial charge is 0.276 e. The van der Waals surface area contributed by atoms with Crippen LogP contribution in [0.25, 0.3) is 0 Å². The summed E-state index contributed by atoms with van der Waals surface area (Å²) < 4.78 is 24.7. The van der Waals surface area contributed by atoms with E-state index in [1.54, 1.807) is 0 Å². The van der Waals surface area contributed by atoms with Crippen LogP contribution < -0.4 is 0 Å². The Morgan fingerprint density at radius 3 is 2.43 bits per heavy atom. The van der Waals surface area contributed by atoms with Gasteiger partial charge in [0.2, 0.25) is 0 Å². The second-order valence-corrected chi connectivity index (χ2v) is 3.35. The van der Waals surface area contributed by atoms with E-state index in [1.165, 1.54) is 0 Å². The molecule has 2 nitrogen and oxygen atoms in total. The van der Waals surface area contributed by atoms with Gasteiger partial charge in [-0.25, -0.2) is 13.8 Å². The zero-order chi connectivity index (χ0) is 10.9. The lowest BCUT2D eigenvalue weighted by atomic mass is 10.1. The van der Waals surface area contributed by atoms with E-state index >= 15 is 0 Å². The second kappa shape index (κ2) is 4.38. The summed E-state index contributed by atoms with van der Waals surface area (Å²) in [6, 6.07) is 0. The number of rotatable bonds is 2. The summed E-state index contributed by atoms with van der Waals surface area (Å²) in [5.41, 5.74) is -1.12. The molecule has 1 heterocycles. The molecule has 0 saturated heterocycles. The molecule has 0 unspecified atom stereocenters. The quantitative estimate of drug-likeness (QED) is 0.599. The Balaban J connectivity index is 3.45. The molecule has 0 radical (unpaired) electrons. The zero-order valence-electron chi connectivity index (χ0n) is 6.40. The van der Waals surface area contributed by atoms with Gasteiger partial charge in [0.15, 0.2) is 0 Å². The zero-order valence-corrected chi connectivity index (χ0v) is 8.67. The highest BCUT2D eigenvalue weighted by atomic mass is 35.5. The van der Waals surface area contributed by atoms with Crippen LogP contribution in [0.2, 0.25) is 10.2 Å². The van der Waals surface area contributed by atoms with Gasteiger partial charge >= 0.3 is 0 Å². The first-order valence-corrected chi connectivity index (χ1v) is 4.40. The first-order valence-electron chi connectivity index (χ1n) is 3.27. The Kier molecular flexibility index (Phi) is 3.64. The van der Waals surface area contributed by atoms with Crippen molar-refractivity contribution in [3.8, 4) is 0 Å². The molecule has 0 fully saturated rings. The normalized spacial score (nSPS) is 10.7. The molecule has 14 heavy (non-hydrogen) atoms. The topological polar surface area (TPSA) is 30.0 Å². The highest BCUT2D eigenvalue weighted by Gasteiger charge is 2.22. The first-order chi connectivity index (χ1) is 6.45. The van der Waals surface area contributed by atoms with Crippen molar-refractivity contribution in [2.45, 2.75) is 6.43 Å². The average Bonchev–Trinajstić information content (AvgIpc) is 2.08. The molecule has 0 amide bonds. The number of nitrogens with zero attached hydrogens (tertiary/aromatic N) is 1. The fourth-order valence-corrected chi connectivity index (χ4v) is 1.48. The van der Waals surface area contributed by atoms with Crippen LogP contribution in [0.5, 0.6) is 0 Å². The minimum Gasteiger partial charge on any atom is -0.276 e. The van der Waals surface area contributed by atoms with E-state index in [4.69, 9.17) is 34.8 Å². The van der Waals surface area contributed by atoms with Crippen LogP contribution in [-0.4, -0.2) is 10.2 Å². The first kappa shape index (κ1) is 11.6. The Bertz CT molecular complexity index is 383. The smallest absolute Gasteiger partial charge is 0.266 e. The number of carbonyl (C=O) groups excluding carboxylic acids is 1. The van der Waals surface area contributed by atoms with Crippen molar-refractivity contribution in [3.05, 3.63) is 27.5 Å². The molecule has 0 bridgehead atoms. The number of carbonyl (C=O) groups is 1. The molecule has 0 saturated carbocycles. The molecule has 1 rings (SSSR count). The lowest BCUT2D eigenvalue weighted by Crippen LogP contribution is -2.01. The number of hydrogen-bond donors (Lipinski definition) is 0. The standard InChI is InChI=1S/C7H2Cl3F2NO/c8-4-3(6(10)14)2(7(11)12)1-13-5(4)9/h1,7H. The molecular formula is C7H2Cl3F2NO. The Labute approximate surface area is 92.8 Å². The average molecular weight is 260 g/mol. The van der Waals surface area contributed by atoms with Crippen LogP contribution in [0.15, 0.2) is 6.20 Å². The van der Waals surface area contributed by atoms with Gasteiger partial charge in [0.1, 0.15) is 5.15 Å². The van der Waals surface area contributed by atoms with E-state index in [-0.39, 0.29) is 10.2 Å². The molecule has 0 aliphatic carbocycles. The fourth-order valence-electron chi connectivity index (χ4n) is 0.843. The number of hydrogen-bond acceptors (Lipinski definition) is 2. The van der Waals surface area contributed by atoms with E-state index in [0.29, 0.717) is 0 Å². The van der Waals surface area contributed by atoms with Gasteiger partial charge in [-0.05, 0) is 11.6 Å². The van der Waals surface area contributed by atoms with Gasteiger partial charge in [-0.2, -0.15) is 0 Å². The van der Waals surface area contributed by atoms with Gasteiger partial charge in [0, 0.05) is 11.8 Å². The van der Waals surface area contributed by atoms with E-state index in [2.05, 4.69) is 4.98 Å². The molecule has 0 aliphatic heterocycles. The number of pyridine rings is 1. The van der Waals surface area contributed by atoms with Crippen molar-refractivity contribution < 1.29 is 13.6 Å².